The van der Waals surface area contributed by atoms with Crippen LogP contribution < -0.4 is 5.32 Å². The molecule has 1 rings (SSSR count). The van der Waals surface area contributed by atoms with Gasteiger partial charge in [0.2, 0.25) is 0 Å². The summed E-state index contributed by atoms with van der Waals surface area (Å²) in [5.74, 6) is -1.13. The second kappa shape index (κ2) is 6.92. The molecular formula is C13H15Cl2NO4. The highest BCUT2D eigenvalue weighted by Gasteiger charge is 2.36. The molecule has 1 aromatic rings. The van der Waals surface area contributed by atoms with E-state index in [2.05, 4.69) is 10.1 Å². The number of halogens is 2. The Morgan fingerprint density at radius 1 is 1.30 bits per heavy atom. The monoisotopic (exact) mass is 319 g/mol. The molecule has 1 atom stereocenters. The van der Waals surface area contributed by atoms with Crippen LogP contribution in [0.1, 0.15) is 17.3 Å². The lowest BCUT2D eigenvalue weighted by atomic mass is 10.0. The number of amides is 1. The van der Waals surface area contributed by atoms with Gasteiger partial charge in [-0.1, -0.05) is 23.2 Å². The summed E-state index contributed by atoms with van der Waals surface area (Å²) in [6.45, 7) is 1.47. The Balaban J connectivity index is 2.99. The molecule has 0 aromatic heterocycles. The summed E-state index contributed by atoms with van der Waals surface area (Å²) >= 11 is 11.7. The van der Waals surface area contributed by atoms with Crippen LogP contribution in [0.5, 0.6) is 0 Å². The number of hydrogen-bond acceptors (Lipinski definition) is 4. The van der Waals surface area contributed by atoms with E-state index in [1.807, 2.05) is 0 Å². The van der Waals surface area contributed by atoms with Crippen molar-refractivity contribution in [2.75, 3.05) is 20.8 Å². The normalized spacial score (nSPS) is 13.4. The van der Waals surface area contributed by atoms with Gasteiger partial charge >= 0.3 is 5.97 Å². The minimum absolute atomic E-state index is 0.0311. The average molecular weight is 320 g/mol. The zero-order valence-electron chi connectivity index (χ0n) is 11.3. The summed E-state index contributed by atoms with van der Waals surface area (Å²) in [5.41, 5.74) is -1.09. The second-order valence-electron chi connectivity index (χ2n) is 4.33. The zero-order chi connectivity index (χ0) is 15.3. The number of methoxy groups -OCH3 is 2. The molecule has 0 fully saturated rings. The topological polar surface area (TPSA) is 64.6 Å². The van der Waals surface area contributed by atoms with Crippen LogP contribution in [0.15, 0.2) is 18.2 Å². The summed E-state index contributed by atoms with van der Waals surface area (Å²) in [7, 11) is 2.65. The minimum atomic E-state index is -1.30. The molecule has 0 radical (unpaired) electrons. The lowest BCUT2D eigenvalue weighted by Gasteiger charge is -2.27. The molecule has 0 bridgehead atoms. The number of nitrogens with one attached hydrogen (secondary N) is 1. The van der Waals surface area contributed by atoms with Crippen molar-refractivity contribution >= 4 is 35.1 Å². The summed E-state index contributed by atoms with van der Waals surface area (Å²) < 4.78 is 9.61. The number of ether oxygens (including phenoxy) is 2. The summed E-state index contributed by atoms with van der Waals surface area (Å²) in [5, 5.41) is 3.17. The fourth-order valence-electron chi connectivity index (χ4n) is 1.65. The van der Waals surface area contributed by atoms with Crippen molar-refractivity contribution in [2.24, 2.45) is 0 Å². The predicted octanol–water partition coefficient (Wildman–Crippen LogP) is 2.30. The fourth-order valence-corrected chi connectivity index (χ4v) is 2.15. The SMILES string of the molecule is COC[C@@](C)(NC(=O)c1ccc(Cl)cc1Cl)C(=O)OC. The van der Waals surface area contributed by atoms with Gasteiger partial charge in [-0.3, -0.25) is 4.79 Å². The largest absolute Gasteiger partial charge is 0.467 e. The molecule has 1 amide bonds. The highest BCUT2D eigenvalue weighted by Crippen LogP contribution is 2.21. The highest BCUT2D eigenvalue weighted by molar-refractivity contribution is 6.36. The average Bonchev–Trinajstić information content (AvgIpc) is 2.37. The third kappa shape index (κ3) is 3.85. The van der Waals surface area contributed by atoms with Crippen molar-refractivity contribution in [1.82, 2.24) is 5.32 Å². The molecule has 0 aliphatic heterocycles. The fraction of sp³-hybridized carbons (Fsp3) is 0.385. The number of carbonyl (C=O) groups is 2. The molecule has 0 heterocycles. The molecule has 0 spiro atoms. The number of benzene rings is 1. The van der Waals surface area contributed by atoms with E-state index in [1.165, 1.54) is 39.3 Å². The Bertz CT molecular complexity index is 521. The first kappa shape index (κ1) is 16.8. The molecule has 1 N–H and O–H groups in total. The molecule has 0 aliphatic rings. The maximum atomic E-state index is 12.2. The van der Waals surface area contributed by atoms with Crippen LogP contribution >= 0.6 is 23.2 Å². The highest BCUT2D eigenvalue weighted by atomic mass is 35.5. The summed E-state index contributed by atoms with van der Waals surface area (Å²) in [6.07, 6.45) is 0. The van der Waals surface area contributed by atoms with Gasteiger partial charge in [-0.15, -0.1) is 0 Å². The van der Waals surface area contributed by atoms with Crippen molar-refractivity contribution in [3.63, 3.8) is 0 Å². The van der Waals surface area contributed by atoms with Crippen LogP contribution in [0.3, 0.4) is 0 Å². The smallest absolute Gasteiger partial charge is 0.333 e. The van der Waals surface area contributed by atoms with Gasteiger partial charge in [0, 0.05) is 12.1 Å². The number of hydrogen-bond donors (Lipinski definition) is 1. The quantitative estimate of drug-likeness (QED) is 0.846. The molecule has 0 saturated carbocycles. The van der Waals surface area contributed by atoms with Gasteiger partial charge < -0.3 is 14.8 Å². The number of esters is 1. The molecule has 7 heteroatoms. The van der Waals surface area contributed by atoms with E-state index < -0.39 is 17.4 Å². The van der Waals surface area contributed by atoms with Gasteiger partial charge in [-0.2, -0.15) is 0 Å². The lowest BCUT2D eigenvalue weighted by molar-refractivity contribution is -0.149. The van der Waals surface area contributed by atoms with Gasteiger partial charge in [0.05, 0.1) is 24.3 Å². The first-order valence-electron chi connectivity index (χ1n) is 5.69. The molecule has 5 nitrogen and oxygen atoms in total. The van der Waals surface area contributed by atoms with Crippen LogP contribution in [0.4, 0.5) is 0 Å². The van der Waals surface area contributed by atoms with E-state index in [0.717, 1.165) is 0 Å². The maximum absolute atomic E-state index is 12.2. The van der Waals surface area contributed by atoms with Crippen molar-refractivity contribution in [1.29, 1.82) is 0 Å². The summed E-state index contributed by atoms with van der Waals surface area (Å²) in [4.78, 5) is 23.9. The number of rotatable bonds is 5. The molecule has 0 aliphatic carbocycles. The van der Waals surface area contributed by atoms with Crippen LogP contribution in [-0.4, -0.2) is 38.2 Å². The van der Waals surface area contributed by atoms with Gasteiger partial charge in [0.25, 0.3) is 5.91 Å². The first-order valence-corrected chi connectivity index (χ1v) is 6.44. The minimum Gasteiger partial charge on any atom is -0.467 e. The van der Waals surface area contributed by atoms with Crippen molar-refractivity contribution in [2.45, 2.75) is 12.5 Å². The molecule has 20 heavy (non-hydrogen) atoms. The van der Waals surface area contributed by atoms with Crippen LogP contribution in [0.2, 0.25) is 10.0 Å². The second-order valence-corrected chi connectivity index (χ2v) is 5.18. The van der Waals surface area contributed by atoms with E-state index in [1.54, 1.807) is 0 Å². The van der Waals surface area contributed by atoms with Gasteiger partial charge in [0.1, 0.15) is 0 Å². The van der Waals surface area contributed by atoms with E-state index in [9.17, 15) is 9.59 Å². The van der Waals surface area contributed by atoms with Crippen LogP contribution in [0, 0.1) is 0 Å². The molecular weight excluding hydrogens is 305 g/mol. The number of carbonyl (C=O) groups excluding carboxylic acids is 2. The third-order valence-electron chi connectivity index (χ3n) is 2.63. The first-order chi connectivity index (χ1) is 9.34. The Morgan fingerprint density at radius 3 is 2.45 bits per heavy atom. The van der Waals surface area contributed by atoms with Gasteiger partial charge in [-0.05, 0) is 25.1 Å². The van der Waals surface area contributed by atoms with Crippen molar-refractivity contribution in [3.8, 4) is 0 Å². The Hall–Kier alpha value is -1.30. The Labute approximate surface area is 127 Å². The van der Waals surface area contributed by atoms with E-state index in [4.69, 9.17) is 27.9 Å². The standard InChI is InChI=1S/C13H15Cl2NO4/c1-13(7-19-2,12(18)20-3)16-11(17)9-5-4-8(14)6-10(9)15/h4-6H,7H2,1-3H3,(H,16,17)/t13-/m1/s1. The predicted molar refractivity (Wildman–Crippen MR) is 76.2 cm³/mol. The Kier molecular flexibility index (Phi) is 5.80. The molecule has 1 aromatic carbocycles. The van der Waals surface area contributed by atoms with E-state index >= 15 is 0 Å². The van der Waals surface area contributed by atoms with Gasteiger partial charge in [-0.25, -0.2) is 4.79 Å². The maximum Gasteiger partial charge on any atom is 0.333 e. The van der Waals surface area contributed by atoms with Gasteiger partial charge in [0.15, 0.2) is 5.54 Å². The zero-order valence-corrected chi connectivity index (χ0v) is 12.8. The lowest BCUT2D eigenvalue weighted by Crippen LogP contribution is -2.55. The summed E-state index contributed by atoms with van der Waals surface area (Å²) in [6, 6.07) is 4.46. The molecule has 0 saturated heterocycles. The van der Waals surface area contributed by atoms with E-state index in [-0.39, 0.29) is 17.2 Å². The molecule has 110 valence electrons. The third-order valence-corrected chi connectivity index (χ3v) is 3.18. The van der Waals surface area contributed by atoms with E-state index in [0.29, 0.717) is 5.02 Å². The molecule has 0 unspecified atom stereocenters. The van der Waals surface area contributed by atoms with Crippen molar-refractivity contribution in [3.05, 3.63) is 33.8 Å². The van der Waals surface area contributed by atoms with Crippen LogP contribution in [0.25, 0.3) is 0 Å². The Morgan fingerprint density at radius 2 is 1.95 bits per heavy atom. The van der Waals surface area contributed by atoms with Crippen molar-refractivity contribution < 1.29 is 19.1 Å². The van der Waals surface area contributed by atoms with Crippen LogP contribution in [-0.2, 0) is 14.3 Å².